The molecule has 0 spiro atoms. The molecule has 3 heterocycles. The second kappa shape index (κ2) is 12.1. The number of hydrogen-bond donors (Lipinski definition) is 0. The van der Waals surface area contributed by atoms with Crippen LogP contribution in [0.2, 0.25) is 0 Å². The van der Waals surface area contributed by atoms with Gasteiger partial charge in [-0.3, -0.25) is 0 Å². The maximum Gasteiger partial charge on any atom is 0.228 e. The number of para-hydroxylation sites is 4. The molecule has 5 heteroatoms. The quantitative estimate of drug-likeness (QED) is 0.173. The van der Waals surface area contributed by atoms with Crippen LogP contribution in [-0.2, 0) is 0 Å². The van der Waals surface area contributed by atoms with Gasteiger partial charge in [0.1, 0.15) is 22.3 Å². The van der Waals surface area contributed by atoms with Crippen LogP contribution in [-0.4, -0.2) is 4.98 Å². The molecule has 0 atom stereocenters. The summed E-state index contributed by atoms with van der Waals surface area (Å²) >= 11 is 0. The topological polar surface area (TPSA) is 55.6 Å². The molecule has 54 heavy (non-hydrogen) atoms. The summed E-state index contributed by atoms with van der Waals surface area (Å²) in [5.74, 6) is 0.571. The Hall–Kier alpha value is -7.37. The number of aromatic nitrogens is 1. The van der Waals surface area contributed by atoms with Gasteiger partial charge in [-0.1, -0.05) is 115 Å². The molecular formula is C49H30N2O3. The van der Waals surface area contributed by atoms with Crippen LogP contribution >= 0.6 is 0 Å². The molecule has 11 rings (SSSR count). The molecule has 3 aromatic heterocycles. The molecule has 0 aliphatic carbocycles. The minimum Gasteiger partial charge on any atom is -0.456 e. The Kier molecular flexibility index (Phi) is 6.79. The van der Waals surface area contributed by atoms with Crippen LogP contribution in [0.1, 0.15) is 0 Å². The zero-order valence-electron chi connectivity index (χ0n) is 28.9. The second-order valence-corrected chi connectivity index (χ2v) is 13.5. The van der Waals surface area contributed by atoms with Gasteiger partial charge in [0, 0.05) is 38.9 Å². The summed E-state index contributed by atoms with van der Waals surface area (Å²) in [7, 11) is 0. The van der Waals surface area contributed by atoms with Crippen molar-refractivity contribution in [2.45, 2.75) is 0 Å². The third-order valence-electron chi connectivity index (χ3n) is 10.3. The van der Waals surface area contributed by atoms with Crippen LogP contribution in [0, 0.1) is 0 Å². The molecule has 0 aliphatic rings. The lowest BCUT2D eigenvalue weighted by Crippen LogP contribution is -2.10. The van der Waals surface area contributed by atoms with Crippen LogP contribution in [0.15, 0.2) is 195 Å². The smallest absolute Gasteiger partial charge is 0.228 e. The first kappa shape index (κ1) is 30.3. The number of fused-ring (bicyclic) bond motifs is 7. The summed E-state index contributed by atoms with van der Waals surface area (Å²) in [6.07, 6.45) is 0. The molecular weight excluding hydrogens is 665 g/mol. The Bertz CT molecular complexity index is 3120. The van der Waals surface area contributed by atoms with Crippen LogP contribution in [0.25, 0.3) is 88.7 Å². The summed E-state index contributed by atoms with van der Waals surface area (Å²) in [5.41, 5.74) is 13.3. The third kappa shape index (κ3) is 4.90. The average molecular weight is 695 g/mol. The van der Waals surface area contributed by atoms with Gasteiger partial charge in [-0.25, -0.2) is 4.98 Å². The van der Waals surface area contributed by atoms with Gasteiger partial charge in [0.15, 0.2) is 11.2 Å². The number of benzene rings is 8. The van der Waals surface area contributed by atoms with Crippen molar-refractivity contribution in [3.05, 3.63) is 182 Å². The SMILES string of the molecule is c1ccc(-c2ccc(-c3ccc(N(c4ccc5c(c4)oc4cccc(-c6nc7ccccc7o6)c45)c4cccc5c4oc4ccccc45)cc3)cc2)cc1. The molecule has 0 bridgehead atoms. The molecule has 8 aromatic carbocycles. The van der Waals surface area contributed by atoms with Gasteiger partial charge in [0.25, 0.3) is 0 Å². The highest BCUT2D eigenvalue weighted by Gasteiger charge is 2.22. The maximum absolute atomic E-state index is 6.59. The van der Waals surface area contributed by atoms with Crippen molar-refractivity contribution in [3.8, 4) is 33.7 Å². The molecule has 11 aromatic rings. The van der Waals surface area contributed by atoms with Gasteiger partial charge in [0.05, 0.1) is 11.4 Å². The normalized spacial score (nSPS) is 11.7. The monoisotopic (exact) mass is 694 g/mol. The first-order valence-electron chi connectivity index (χ1n) is 18.0. The van der Waals surface area contributed by atoms with Gasteiger partial charge in [-0.15, -0.1) is 0 Å². The largest absolute Gasteiger partial charge is 0.456 e. The van der Waals surface area contributed by atoms with E-state index in [2.05, 4.69) is 126 Å². The molecule has 5 nitrogen and oxygen atoms in total. The lowest BCUT2D eigenvalue weighted by atomic mass is 10.00. The van der Waals surface area contributed by atoms with E-state index in [9.17, 15) is 0 Å². The van der Waals surface area contributed by atoms with Crippen molar-refractivity contribution in [2.75, 3.05) is 4.90 Å². The minimum atomic E-state index is 0.571. The van der Waals surface area contributed by atoms with Crippen LogP contribution in [0.4, 0.5) is 17.1 Å². The molecule has 0 fully saturated rings. The fourth-order valence-corrected chi connectivity index (χ4v) is 7.74. The molecule has 0 N–H and O–H groups in total. The fourth-order valence-electron chi connectivity index (χ4n) is 7.74. The predicted octanol–water partition coefficient (Wildman–Crippen LogP) is 14.1. The summed E-state index contributed by atoms with van der Waals surface area (Å²) in [5, 5.41) is 4.11. The highest BCUT2D eigenvalue weighted by Crippen LogP contribution is 2.45. The van der Waals surface area contributed by atoms with Gasteiger partial charge in [-0.05, 0) is 82.9 Å². The lowest BCUT2D eigenvalue weighted by molar-refractivity contribution is 0.620. The van der Waals surface area contributed by atoms with E-state index < -0.39 is 0 Å². The zero-order chi connectivity index (χ0) is 35.6. The molecule has 0 unspecified atom stereocenters. The molecule has 0 saturated heterocycles. The number of furan rings is 2. The number of nitrogens with zero attached hydrogens (tertiary/aromatic N) is 2. The number of anilines is 3. The standard InChI is InChI=1S/C49H30N2O3/c1-2-10-31(11-3-1)32-20-22-33(23-21-32)34-24-26-35(27-25-34)51(42-16-8-13-38-37-12-4-6-17-43(37)53-48(38)42)36-28-29-39-46(30-36)52-45-19-9-14-40(47(39)45)49-50-41-15-5-7-18-44(41)54-49/h1-30H. The van der Waals surface area contributed by atoms with Crippen LogP contribution in [0.3, 0.4) is 0 Å². The highest BCUT2D eigenvalue weighted by atomic mass is 16.4. The van der Waals surface area contributed by atoms with E-state index in [-0.39, 0.29) is 0 Å². The van der Waals surface area contributed by atoms with E-state index in [0.717, 1.165) is 88.7 Å². The van der Waals surface area contributed by atoms with Crippen molar-refractivity contribution in [1.82, 2.24) is 4.98 Å². The van der Waals surface area contributed by atoms with Crippen molar-refractivity contribution >= 4 is 72.0 Å². The van der Waals surface area contributed by atoms with E-state index in [1.54, 1.807) is 0 Å². The Balaban J connectivity index is 1.05. The van der Waals surface area contributed by atoms with Gasteiger partial charge < -0.3 is 18.2 Å². The van der Waals surface area contributed by atoms with Crippen molar-refractivity contribution in [3.63, 3.8) is 0 Å². The zero-order valence-corrected chi connectivity index (χ0v) is 28.9. The average Bonchev–Trinajstić information content (AvgIpc) is 3.95. The second-order valence-electron chi connectivity index (χ2n) is 13.5. The van der Waals surface area contributed by atoms with Gasteiger partial charge >= 0.3 is 0 Å². The molecule has 0 radical (unpaired) electrons. The van der Waals surface area contributed by atoms with Crippen LogP contribution in [0.5, 0.6) is 0 Å². The van der Waals surface area contributed by atoms with Gasteiger partial charge in [-0.2, -0.15) is 0 Å². The Morgan fingerprint density at radius 1 is 0.389 bits per heavy atom. The maximum atomic E-state index is 6.59. The first-order chi connectivity index (χ1) is 26.7. The van der Waals surface area contributed by atoms with Crippen molar-refractivity contribution in [2.24, 2.45) is 0 Å². The number of oxazole rings is 1. The van der Waals surface area contributed by atoms with Crippen LogP contribution < -0.4 is 4.90 Å². The highest BCUT2D eigenvalue weighted by molar-refractivity contribution is 6.14. The first-order valence-corrected chi connectivity index (χ1v) is 18.0. The molecule has 254 valence electrons. The Morgan fingerprint density at radius 3 is 1.81 bits per heavy atom. The van der Waals surface area contributed by atoms with E-state index in [0.29, 0.717) is 5.89 Å². The van der Waals surface area contributed by atoms with E-state index in [1.165, 1.54) is 11.1 Å². The lowest BCUT2D eigenvalue weighted by Gasteiger charge is -2.25. The number of rotatable bonds is 6. The van der Waals surface area contributed by atoms with Gasteiger partial charge in [0.2, 0.25) is 5.89 Å². The summed E-state index contributed by atoms with van der Waals surface area (Å²) in [6, 6.07) is 62.8. The summed E-state index contributed by atoms with van der Waals surface area (Å²) < 4.78 is 19.4. The summed E-state index contributed by atoms with van der Waals surface area (Å²) in [4.78, 5) is 7.06. The molecule has 0 saturated carbocycles. The molecule has 0 aliphatic heterocycles. The third-order valence-corrected chi connectivity index (χ3v) is 10.3. The fraction of sp³-hybridized carbons (Fsp3) is 0. The summed E-state index contributed by atoms with van der Waals surface area (Å²) in [6.45, 7) is 0. The Labute approximate surface area is 309 Å². The minimum absolute atomic E-state index is 0.571. The predicted molar refractivity (Wildman–Crippen MR) is 220 cm³/mol. The van der Waals surface area contributed by atoms with E-state index >= 15 is 0 Å². The van der Waals surface area contributed by atoms with Crippen molar-refractivity contribution in [1.29, 1.82) is 0 Å². The van der Waals surface area contributed by atoms with Crippen molar-refractivity contribution < 1.29 is 13.3 Å². The Morgan fingerprint density at radius 2 is 1.02 bits per heavy atom. The van der Waals surface area contributed by atoms with E-state index in [4.69, 9.17) is 18.2 Å². The van der Waals surface area contributed by atoms with E-state index in [1.807, 2.05) is 60.7 Å². The number of hydrogen-bond acceptors (Lipinski definition) is 5. The molecule has 0 amide bonds.